The molecule has 0 saturated carbocycles. The molecule has 0 unspecified atom stereocenters. The predicted molar refractivity (Wildman–Crippen MR) is 78.7 cm³/mol. The number of hydrogen-bond donors (Lipinski definition) is 2. The topological polar surface area (TPSA) is 74.3 Å². The highest BCUT2D eigenvalue weighted by Crippen LogP contribution is 2.22. The lowest BCUT2D eigenvalue weighted by molar-refractivity contribution is 0.362. The zero-order chi connectivity index (χ0) is 14.0. The highest BCUT2D eigenvalue weighted by Gasteiger charge is 2.24. The normalized spacial score (nSPS) is 17.2. The summed E-state index contributed by atoms with van der Waals surface area (Å²) in [6.45, 7) is 2.31. The van der Waals surface area contributed by atoms with Crippen LogP contribution in [0.2, 0.25) is 0 Å². The number of nitrogens with one attached hydrogen (secondary N) is 2. The summed E-state index contributed by atoms with van der Waals surface area (Å²) in [5.41, 5.74) is 1.18. The molecule has 0 aliphatic carbocycles. The molecule has 0 atom stereocenters. The largest absolute Gasteiger partial charge is 0.314 e. The van der Waals surface area contributed by atoms with E-state index in [9.17, 15) is 8.42 Å². The van der Waals surface area contributed by atoms with Crippen LogP contribution in [0.15, 0.2) is 36.5 Å². The van der Waals surface area contributed by atoms with E-state index in [-0.39, 0.29) is 0 Å². The Hall–Kier alpha value is -1.70. The molecular weight excluding hydrogens is 276 g/mol. The van der Waals surface area contributed by atoms with Crippen LogP contribution in [0.1, 0.15) is 0 Å². The van der Waals surface area contributed by atoms with Crippen LogP contribution in [0.3, 0.4) is 0 Å². The Morgan fingerprint density at radius 3 is 2.70 bits per heavy atom. The van der Waals surface area contributed by atoms with Crippen molar-refractivity contribution in [3.63, 3.8) is 0 Å². The third-order valence-corrected chi connectivity index (χ3v) is 4.81. The maximum atomic E-state index is 12.4. The number of fused-ring (bicyclic) bond motifs is 1. The quantitative estimate of drug-likeness (QED) is 0.877. The van der Waals surface area contributed by atoms with Gasteiger partial charge in [-0.3, -0.25) is 9.71 Å². The molecule has 1 aromatic carbocycles. The third-order valence-electron chi connectivity index (χ3n) is 3.29. The second kappa shape index (κ2) is 5.35. The van der Waals surface area contributed by atoms with E-state index in [0.29, 0.717) is 37.4 Å². The molecule has 1 aliphatic heterocycles. The molecule has 7 heteroatoms. The van der Waals surface area contributed by atoms with Crippen molar-refractivity contribution in [2.75, 3.05) is 30.9 Å². The number of anilines is 1. The van der Waals surface area contributed by atoms with E-state index in [1.165, 1.54) is 4.31 Å². The molecule has 0 spiro atoms. The van der Waals surface area contributed by atoms with Crippen LogP contribution in [0, 0.1) is 0 Å². The maximum Gasteiger partial charge on any atom is 0.301 e. The summed E-state index contributed by atoms with van der Waals surface area (Å²) < 4.78 is 28.8. The molecule has 20 heavy (non-hydrogen) atoms. The summed E-state index contributed by atoms with van der Waals surface area (Å²) in [5.74, 6) is 0. The molecule has 0 bridgehead atoms. The third kappa shape index (κ3) is 2.60. The van der Waals surface area contributed by atoms with Gasteiger partial charge in [-0.1, -0.05) is 18.2 Å². The molecule has 0 amide bonds. The van der Waals surface area contributed by atoms with Crippen molar-refractivity contribution < 1.29 is 8.42 Å². The Kier molecular flexibility index (Phi) is 3.56. The standard InChI is InChI=1S/C13H16N4O2S/c18-20(19,17-9-7-14-8-10-17)16-12-5-1-3-11-4-2-6-15-13(11)12/h1-6,14,16H,7-10H2. The fourth-order valence-corrected chi connectivity index (χ4v) is 3.51. The first-order valence-electron chi connectivity index (χ1n) is 6.49. The smallest absolute Gasteiger partial charge is 0.301 e. The van der Waals surface area contributed by atoms with Gasteiger partial charge in [0, 0.05) is 37.8 Å². The van der Waals surface area contributed by atoms with Gasteiger partial charge in [0.05, 0.1) is 11.2 Å². The molecule has 2 heterocycles. The first-order chi connectivity index (χ1) is 9.67. The zero-order valence-electron chi connectivity index (χ0n) is 10.9. The number of aromatic nitrogens is 1. The number of para-hydroxylation sites is 1. The molecule has 6 nitrogen and oxygen atoms in total. The van der Waals surface area contributed by atoms with E-state index in [1.807, 2.05) is 24.3 Å². The number of nitrogens with zero attached hydrogens (tertiary/aromatic N) is 2. The van der Waals surface area contributed by atoms with Gasteiger partial charge in [0.2, 0.25) is 0 Å². The van der Waals surface area contributed by atoms with Crippen LogP contribution in [-0.4, -0.2) is 43.9 Å². The lowest BCUT2D eigenvalue weighted by Gasteiger charge is -2.27. The van der Waals surface area contributed by atoms with Crippen LogP contribution >= 0.6 is 0 Å². The van der Waals surface area contributed by atoms with Crippen molar-refractivity contribution in [2.24, 2.45) is 0 Å². The monoisotopic (exact) mass is 292 g/mol. The van der Waals surface area contributed by atoms with Crippen molar-refractivity contribution >= 4 is 26.8 Å². The molecule has 1 aliphatic rings. The summed E-state index contributed by atoms with van der Waals surface area (Å²) >= 11 is 0. The van der Waals surface area contributed by atoms with Crippen LogP contribution in [0.5, 0.6) is 0 Å². The molecule has 1 saturated heterocycles. The fraction of sp³-hybridized carbons (Fsp3) is 0.308. The predicted octanol–water partition coefficient (Wildman–Crippen LogP) is 0.797. The van der Waals surface area contributed by atoms with E-state index < -0.39 is 10.2 Å². The van der Waals surface area contributed by atoms with Crippen LogP contribution in [0.4, 0.5) is 5.69 Å². The Labute approximate surface area is 118 Å². The van der Waals surface area contributed by atoms with Gasteiger partial charge in [-0.15, -0.1) is 0 Å². The molecular formula is C13H16N4O2S. The Morgan fingerprint density at radius 2 is 1.90 bits per heavy atom. The van der Waals surface area contributed by atoms with Crippen LogP contribution in [0.25, 0.3) is 10.9 Å². The van der Waals surface area contributed by atoms with Gasteiger partial charge >= 0.3 is 10.2 Å². The number of pyridine rings is 1. The number of rotatable bonds is 3. The molecule has 2 aromatic rings. The van der Waals surface area contributed by atoms with Crippen molar-refractivity contribution in [2.45, 2.75) is 0 Å². The summed E-state index contributed by atoms with van der Waals surface area (Å²) in [5, 5.41) is 4.04. The highest BCUT2D eigenvalue weighted by atomic mass is 32.2. The van der Waals surface area contributed by atoms with Crippen molar-refractivity contribution in [3.05, 3.63) is 36.5 Å². The summed E-state index contributed by atoms with van der Waals surface area (Å²) in [7, 11) is -3.52. The highest BCUT2D eigenvalue weighted by molar-refractivity contribution is 7.90. The number of hydrogen-bond acceptors (Lipinski definition) is 4. The average molecular weight is 292 g/mol. The summed E-state index contributed by atoms with van der Waals surface area (Å²) in [6.07, 6.45) is 1.66. The Bertz CT molecular complexity index is 706. The van der Waals surface area contributed by atoms with Gasteiger partial charge in [0.1, 0.15) is 0 Å². The first kappa shape index (κ1) is 13.3. The maximum absolute atomic E-state index is 12.4. The van der Waals surface area contributed by atoms with Gasteiger partial charge in [0.25, 0.3) is 0 Å². The second-order valence-corrected chi connectivity index (χ2v) is 6.31. The van der Waals surface area contributed by atoms with E-state index in [4.69, 9.17) is 0 Å². The molecule has 3 rings (SSSR count). The second-order valence-electron chi connectivity index (χ2n) is 4.64. The lowest BCUT2D eigenvalue weighted by atomic mass is 10.2. The number of piperazine rings is 1. The minimum atomic E-state index is -3.52. The Balaban J connectivity index is 1.92. The van der Waals surface area contributed by atoms with Crippen LogP contribution < -0.4 is 10.0 Å². The zero-order valence-corrected chi connectivity index (χ0v) is 11.7. The number of benzene rings is 1. The van der Waals surface area contributed by atoms with Crippen LogP contribution in [-0.2, 0) is 10.2 Å². The van der Waals surface area contributed by atoms with Gasteiger partial charge in [0.15, 0.2) is 0 Å². The first-order valence-corrected chi connectivity index (χ1v) is 7.93. The van der Waals surface area contributed by atoms with Gasteiger partial charge in [-0.05, 0) is 12.1 Å². The van der Waals surface area contributed by atoms with E-state index in [1.54, 1.807) is 12.3 Å². The minimum Gasteiger partial charge on any atom is -0.314 e. The molecule has 0 radical (unpaired) electrons. The van der Waals surface area contributed by atoms with Crippen molar-refractivity contribution in [1.29, 1.82) is 0 Å². The Morgan fingerprint density at radius 1 is 1.15 bits per heavy atom. The molecule has 106 valence electrons. The molecule has 1 fully saturated rings. The van der Waals surface area contributed by atoms with Crippen molar-refractivity contribution in [1.82, 2.24) is 14.6 Å². The van der Waals surface area contributed by atoms with Gasteiger partial charge < -0.3 is 5.32 Å². The van der Waals surface area contributed by atoms with E-state index >= 15 is 0 Å². The van der Waals surface area contributed by atoms with Gasteiger partial charge in [-0.25, -0.2) is 0 Å². The molecule has 1 aromatic heterocycles. The fourth-order valence-electron chi connectivity index (χ4n) is 2.27. The van der Waals surface area contributed by atoms with Gasteiger partial charge in [-0.2, -0.15) is 12.7 Å². The SMILES string of the molecule is O=S(=O)(Nc1cccc2cccnc12)N1CCNCC1. The summed E-state index contributed by atoms with van der Waals surface area (Å²) in [6, 6.07) is 9.20. The van der Waals surface area contributed by atoms with E-state index in [0.717, 1.165) is 5.39 Å². The minimum absolute atomic E-state index is 0.480. The lowest BCUT2D eigenvalue weighted by Crippen LogP contribution is -2.48. The molecule has 2 N–H and O–H groups in total. The average Bonchev–Trinajstić information content (AvgIpc) is 2.48. The van der Waals surface area contributed by atoms with E-state index in [2.05, 4.69) is 15.0 Å². The summed E-state index contributed by atoms with van der Waals surface area (Å²) in [4.78, 5) is 4.25. The van der Waals surface area contributed by atoms with Crippen molar-refractivity contribution in [3.8, 4) is 0 Å².